The summed E-state index contributed by atoms with van der Waals surface area (Å²) in [5.74, 6) is 1.55. The van der Waals surface area contributed by atoms with Crippen molar-refractivity contribution in [1.29, 1.82) is 0 Å². The van der Waals surface area contributed by atoms with E-state index in [0.717, 1.165) is 17.1 Å². The zero-order valence-corrected chi connectivity index (χ0v) is 11.2. The Labute approximate surface area is 109 Å². The average Bonchev–Trinajstić information content (AvgIpc) is 2.45. The largest absolute Gasteiger partial charge is 0.493 e. The van der Waals surface area contributed by atoms with Gasteiger partial charge in [-0.05, 0) is 49.2 Å². The van der Waals surface area contributed by atoms with Crippen molar-refractivity contribution in [3.63, 3.8) is 0 Å². The Bertz CT molecular complexity index is 409. The standard InChI is InChI=1S/C15H21NO2/c1-17-14-7-6-13(12-15(14)18-2)8-11-16-9-4-3-5-10-16/h6-8,11-12H,3-5,9-10H2,1-2H3/b11-8+. The lowest BCUT2D eigenvalue weighted by Gasteiger charge is -2.24. The summed E-state index contributed by atoms with van der Waals surface area (Å²) in [7, 11) is 3.32. The van der Waals surface area contributed by atoms with Gasteiger partial charge >= 0.3 is 0 Å². The smallest absolute Gasteiger partial charge is 0.161 e. The molecule has 0 bridgehead atoms. The van der Waals surface area contributed by atoms with Crippen LogP contribution in [0.15, 0.2) is 24.4 Å². The van der Waals surface area contributed by atoms with Gasteiger partial charge in [-0.3, -0.25) is 0 Å². The first-order chi connectivity index (χ1) is 8.83. The Hall–Kier alpha value is -1.64. The zero-order chi connectivity index (χ0) is 12.8. The van der Waals surface area contributed by atoms with Crippen LogP contribution in [0.25, 0.3) is 6.08 Å². The zero-order valence-electron chi connectivity index (χ0n) is 11.2. The van der Waals surface area contributed by atoms with Gasteiger partial charge in [0.05, 0.1) is 14.2 Å². The minimum Gasteiger partial charge on any atom is -0.493 e. The summed E-state index contributed by atoms with van der Waals surface area (Å²) in [6, 6.07) is 5.98. The maximum absolute atomic E-state index is 5.30. The minimum absolute atomic E-state index is 0.771. The Morgan fingerprint density at radius 2 is 1.72 bits per heavy atom. The molecular weight excluding hydrogens is 226 g/mol. The molecule has 0 aliphatic carbocycles. The first-order valence-electron chi connectivity index (χ1n) is 6.48. The quantitative estimate of drug-likeness (QED) is 0.815. The van der Waals surface area contributed by atoms with Gasteiger partial charge in [0.1, 0.15) is 0 Å². The molecule has 0 atom stereocenters. The molecule has 0 aromatic heterocycles. The summed E-state index contributed by atoms with van der Waals surface area (Å²) >= 11 is 0. The SMILES string of the molecule is COc1ccc(/C=C/N2CCCCC2)cc1OC. The second-order valence-electron chi connectivity index (χ2n) is 4.53. The Morgan fingerprint density at radius 1 is 1.00 bits per heavy atom. The van der Waals surface area contributed by atoms with Crippen molar-refractivity contribution in [1.82, 2.24) is 4.90 Å². The topological polar surface area (TPSA) is 21.7 Å². The van der Waals surface area contributed by atoms with Crippen LogP contribution in [0.4, 0.5) is 0 Å². The lowest BCUT2D eigenvalue weighted by molar-refractivity contribution is 0.311. The van der Waals surface area contributed by atoms with Crippen molar-refractivity contribution < 1.29 is 9.47 Å². The van der Waals surface area contributed by atoms with Crippen molar-refractivity contribution in [3.05, 3.63) is 30.0 Å². The van der Waals surface area contributed by atoms with Crippen LogP contribution >= 0.6 is 0 Å². The van der Waals surface area contributed by atoms with Gasteiger partial charge in [0.2, 0.25) is 0 Å². The summed E-state index contributed by atoms with van der Waals surface area (Å²) in [6.45, 7) is 2.34. The fourth-order valence-electron chi connectivity index (χ4n) is 2.22. The predicted molar refractivity (Wildman–Crippen MR) is 74.0 cm³/mol. The maximum Gasteiger partial charge on any atom is 0.161 e. The van der Waals surface area contributed by atoms with Gasteiger partial charge < -0.3 is 14.4 Å². The molecule has 3 nitrogen and oxygen atoms in total. The maximum atomic E-state index is 5.30. The molecule has 1 aromatic carbocycles. The monoisotopic (exact) mass is 247 g/mol. The number of likely N-dealkylation sites (tertiary alicyclic amines) is 1. The molecule has 0 amide bonds. The van der Waals surface area contributed by atoms with Gasteiger partial charge in [-0.15, -0.1) is 0 Å². The molecule has 18 heavy (non-hydrogen) atoms. The van der Waals surface area contributed by atoms with E-state index in [1.54, 1.807) is 14.2 Å². The molecule has 1 heterocycles. The number of benzene rings is 1. The van der Waals surface area contributed by atoms with Crippen LogP contribution in [0.1, 0.15) is 24.8 Å². The van der Waals surface area contributed by atoms with E-state index in [1.165, 1.54) is 32.4 Å². The lowest BCUT2D eigenvalue weighted by atomic mass is 10.1. The third-order valence-corrected chi connectivity index (χ3v) is 3.28. The van der Waals surface area contributed by atoms with Gasteiger partial charge in [0.25, 0.3) is 0 Å². The van der Waals surface area contributed by atoms with E-state index in [1.807, 2.05) is 18.2 Å². The third-order valence-electron chi connectivity index (χ3n) is 3.28. The molecule has 0 unspecified atom stereocenters. The molecule has 3 heteroatoms. The van der Waals surface area contributed by atoms with E-state index < -0.39 is 0 Å². The van der Waals surface area contributed by atoms with Crippen molar-refractivity contribution >= 4 is 6.08 Å². The van der Waals surface area contributed by atoms with Crippen LogP contribution in [-0.2, 0) is 0 Å². The minimum atomic E-state index is 0.771. The molecule has 98 valence electrons. The predicted octanol–water partition coefficient (Wildman–Crippen LogP) is 3.16. The molecular formula is C15H21NO2. The molecule has 1 aliphatic heterocycles. The molecule has 2 rings (SSSR count). The number of hydrogen-bond acceptors (Lipinski definition) is 3. The molecule has 1 aromatic rings. The second-order valence-corrected chi connectivity index (χ2v) is 4.53. The number of nitrogens with zero attached hydrogens (tertiary/aromatic N) is 1. The number of methoxy groups -OCH3 is 2. The normalized spacial score (nSPS) is 16.0. The van der Waals surface area contributed by atoms with Gasteiger partial charge in [0.15, 0.2) is 11.5 Å². The highest BCUT2D eigenvalue weighted by Gasteiger charge is 2.06. The number of rotatable bonds is 4. The van der Waals surface area contributed by atoms with Gasteiger partial charge in [-0.1, -0.05) is 6.07 Å². The van der Waals surface area contributed by atoms with E-state index in [2.05, 4.69) is 17.2 Å². The van der Waals surface area contributed by atoms with Crippen molar-refractivity contribution in [2.75, 3.05) is 27.3 Å². The Morgan fingerprint density at radius 3 is 2.39 bits per heavy atom. The number of hydrogen-bond donors (Lipinski definition) is 0. The highest BCUT2D eigenvalue weighted by atomic mass is 16.5. The van der Waals surface area contributed by atoms with Gasteiger partial charge in [-0.25, -0.2) is 0 Å². The fourth-order valence-corrected chi connectivity index (χ4v) is 2.22. The van der Waals surface area contributed by atoms with E-state index >= 15 is 0 Å². The number of ether oxygens (including phenoxy) is 2. The summed E-state index contributed by atoms with van der Waals surface area (Å²) in [6.07, 6.45) is 8.28. The number of piperidine rings is 1. The van der Waals surface area contributed by atoms with Crippen LogP contribution in [0, 0.1) is 0 Å². The first kappa shape index (κ1) is 12.8. The van der Waals surface area contributed by atoms with E-state index in [-0.39, 0.29) is 0 Å². The molecule has 1 aliphatic rings. The second kappa shape index (κ2) is 6.34. The van der Waals surface area contributed by atoms with Crippen LogP contribution in [-0.4, -0.2) is 32.2 Å². The first-order valence-corrected chi connectivity index (χ1v) is 6.48. The van der Waals surface area contributed by atoms with Crippen molar-refractivity contribution in [2.45, 2.75) is 19.3 Å². The van der Waals surface area contributed by atoms with Gasteiger partial charge in [-0.2, -0.15) is 0 Å². The summed E-state index contributed by atoms with van der Waals surface area (Å²) in [5.41, 5.74) is 1.14. The van der Waals surface area contributed by atoms with Crippen LogP contribution < -0.4 is 9.47 Å². The van der Waals surface area contributed by atoms with Crippen LogP contribution in [0.2, 0.25) is 0 Å². The van der Waals surface area contributed by atoms with Crippen molar-refractivity contribution in [3.8, 4) is 11.5 Å². The third kappa shape index (κ3) is 3.19. The van der Waals surface area contributed by atoms with E-state index in [4.69, 9.17) is 9.47 Å². The fraction of sp³-hybridized carbons (Fsp3) is 0.467. The lowest BCUT2D eigenvalue weighted by Crippen LogP contribution is -2.23. The molecule has 1 fully saturated rings. The van der Waals surface area contributed by atoms with Gasteiger partial charge in [0, 0.05) is 13.1 Å². The highest BCUT2D eigenvalue weighted by Crippen LogP contribution is 2.28. The summed E-state index contributed by atoms with van der Waals surface area (Å²) < 4.78 is 10.5. The molecule has 0 radical (unpaired) electrons. The van der Waals surface area contributed by atoms with Crippen molar-refractivity contribution in [2.24, 2.45) is 0 Å². The average molecular weight is 247 g/mol. The summed E-state index contributed by atoms with van der Waals surface area (Å²) in [5, 5.41) is 0. The molecule has 0 spiro atoms. The van der Waals surface area contributed by atoms with E-state index in [9.17, 15) is 0 Å². The molecule has 0 N–H and O–H groups in total. The highest BCUT2D eigenvalue weighted by molar-refractivity contribution is 5.55. The Balaban J connectivity index is 2.06. The molecule has 1 saturated heterocycles. The summed E-state index contributed by atoms with van der Waals surface area (Å²) in [4.78, 5) is 2.38. The van der Waals surface area contributed by atoms with Crippen LogP contribution in [0.5, 0.6) is 11.5 Å². The molecule has 0 saturated carbocycles. The van der Waals surface area contributed by atoms with E-state index in [0.29, 0.717) is 0 Å². The Kier molecular flexibility index (Phi) is 4.51. The van der Waals surface area contributed by atoms with Crippen LogP contribution in [0.3, 0.4) is 0 Å².